The average molecular weight is 306 g/mol. The van der Waals surface area contributed by atoms with Crippen LogP contribution in [0.5, 0.6) is 0 Å². The summed E-state index contributed by atoms with van der Waals surface area (Å²) in [4.78, 5) is 6.81. The molecule has 23 heavy (non-hydrogen) atoms. The maximum absolute atomic E-state index is 4.67. The zero-order valence-corrected chi connectivity index (χ0v) is 14.1. The summed E-state index contributed by atoms with van der Waals surface area (Å²) in [6.45, 7) is 5.37. The van der Waals surface area contributed by atoms with E-state index in [9.17, 15) is 0 Å². The van der Waals surface area contributed by atoms with Crippen molar-refractivity contribution in [3.63, 3.8) is 0 Å². The normalized spacial score (nSPS) is 13.2. The van der Waals surface area contributed by atoms with Gasteiger partial charge in [-0.15, -0.1) is 0 Å². The topological polar surface area (TPSA) is 33.1 Å². The molecule has 4 nitrogen and oxygen atoms in total. The Kier molecular flexibility index (Phi) is 3.08. The smallest absolute Gasteiger partial charge is 0.146 e. The third-order valence-corrected chi connectivity index (χ3v) is 4.70. The first-order valence-corrected chi connectivity index (χ1v) is 8.08. The summed E-state index contributed by atoms with van der Waals surface area (Å²) in [6, 6.07) is 8.87. The molecule has 4 heteroatoms. The summed E-state index contributed by atoms with van der Waals surface area (Å²) < 4.78 is 2.27. The standard InChI is InChI=1S/C19H22N4/c1-12-9-15(11-14-5-7-20-18(12)14)23-13(2)10-16-17(22(3)4)6-8-21-19(16)23/h6,8-11,20H,5,7H2,1-4H3. The molecule has 1 aliphatic rings. The van der Waals surface area contributed by atoms with E-state index in [-0.39, 0.29) is 0 Å². The van der Waals surface area contributed by atoms with Crippen molar-refractivity contribution in [3.05, 3.63) is 47.3 Å². The number of rotatable bonds is 2. The minimum atomic E-state index is 1.03. The van der Waals surface area contributed by atoms with Crippen LogP contribution in [0, 0.1) is 13.8 Å². The number of pyridine rings is 1. The lowest BCUT2D eigenvalue weighted by atomic mass is 10.1. The number of fused-ring (bicyclic) bond motifs is 2. The molecule has 0 amide bonds. The second-order valence-corrected chi connectivity index (χ2v) is 6.56. The van der Waals surface area contributed by atoms with E-state index in [1.807, 2.05) is 6.20 Å². The first-order valence-electron chi connectivity index (χ1n) is 8.08. The van der Waals surface area contributed by atoms with Crippen molar-refractivity contribution in [3.8, 4) is 5.69 Å². The summed E-state index contributed by atoms with van der Waals surface area (Å²) in [5.74, 6) is 0. The fourth-order valence-electron chi connectivity index (χ4n) is 3.67. The van der Waals surface area contributed by atoms with Gasteiger partial charge in [-0.1, -0.05) is 0 Å². The minimum Gasteiger partial charge on any atom is -0.384 e. The average Bonchev–Trinajstić information content (AvgIpc) is 3.09. The van der Waals surface area contributed by atoms with Gasteiger partial charge in [0.15, 0.2) is 0 Å². The first-order chi connectivity index (χ1) is 11.1. The molecule has 3 heterocycles. The van der Waals surface area contributed by atoms with Crippen LogP contribution in [0.15, 0.2) is 30.5 Å². The van der Waals surface area contributed by atoms with Crippen molar-refractivity contribution in [2.45, 2.75) is 20.3 Å². The lowest BCUT2D eigenvalue weighted by Crippen LogP contribution is -2.09. The third-order valence-electron chi connectivity index (χ3n) is 4.70. The van der Waals surface area contributed by atoms with Crippen molar-refractivity contribution in [2.75, 3.05) is 30.9 Å². The van der Waals surface area contributed by atoms with Crippen LogP contribution in [0.3, 0.4) is 0 Å². The van der Waals surface area contributed by atoms with E-state index in [1.165, 1.54) is 39.3 Å². The molecule has 0 bridgehead atoms. The Morgan fingerprint density at radius 3 is 2.78 bits per heavy atom. The predicted octanol–water partition coefficient (Wildman–Crippen LogP) is 3.68. The van der Waals surface area contributed by atoms with Crippen LogP contribution < -0.4 is 10.2 Å². The van der Waals surface area contributed by atoms with E-state index < -0.39 is 0 Å². The number of benzene rings is 1. The zero-order chi connectivity index (χ0) is 16.1. The molecule has 2 aromatic heterocycles. The van der Waals surface area contributed by atoms with Crippen LogP contribution in [0.2, 0.25) is 0 Å². The fourth-order valence-corrected chi connectivity index (χ4v) is 3.67. The molecule has 0 spiro atoms. The number of hydrogen-bond donors (Lipinski definition) is 1. The lowest BCUT2D eigenvalue weighted by Gasteiger charge is -2.15. The summed E-state index contributed by atoms with van der Waals surface area (Å²) in [5, 5.41) is 4.69. The largest absolute Gasteiger partial charge is 0.384 e. The van der Waals surface area contributed by atoms with Gasteiger partial charge in [-0.2, -0.15) is 0 Å². The second-order valence-electron chi connectivity index (χ2n) is 6.56. The summed E-state index contributed by atoms with van der Waals surface area (Å²) in [5.41, 5.74) is 8.68. The van der Waals surface area contributed by atoms with E-state index in [4.69, 9.17) is 0 Å². The van der Waals surface area contributed by atoms with Gasteiger partial charge in [-0.05, 0) is 55.7 Å². The Hall–Kier alpha value is -2.49. The van der Waals surface area contributed by atoms with Crippen LogP contribution in [-0.4, -0.2) is 30.2 Å². The zero-order valence-electron chi connectivity index (χ0n) is 14.1. The minimum absolute atomic E-state index is 1.03. The summed E-state index contributed by atoms with van der Waals surface area (Å²) in [7, 11) is 4.15. The van der Waals surface area contributed by atoms with Crippen LogP contribution in [-0.2, 0) is 6.42 Å². The van der Waals surface area contributed by atoms with Gasteiger partial charge in [-0.3, -0.25) is 4.57 Å². The molecular weight excluding hydrogens is 284 g/mol. The predicted molar refractivity (Wildman–Crippen MR) is 97.1 cm³/mol. The molecule has 118 valence electrons. The number of aryl methyl sites for hydroxylation is 2. The molecule has 0 aliphatic carbocycles. The van der Waals surface area contributed by atoms with Crippen LogP contribution >= 0.6 is 0 Å². The maximum Gasteiger partial charge on any atom is 0.146 e. The fraction of sp³-hybridized carbons (Fsp3) is 0.316. The number of aromatic nitrogens is 2. The third kappa shape index (κ3) is 2.09. The van der Waals surface area contributed by atoms with Crippen LogP contribution in [0.25, 0.3) is 16.7 Å². The van der Waals surface area contributed by atoms with E-state index in [0.717, 1.165) is 18.6 Å². The van der Waals surface area contributed by atoms with Crippen LogP contribution in [0.4, 0.5) is 11.4 Å². The molecule has 1 aromatic carbocycles. The monoisotopic (exact) mass is 306 g/mol. The molecule has 0 saturated heterocycles. The highest BCUT2D eigenvalue weighted by molar-refractivity contribution is 5.92. The molecule has 3 aromatic rings. The lowest BCUT2D eigenvalue weighted by molar-refractivity contribution is 1.02. The van der Waals surface area contributed by atoms with Gasteiger partial charge in [0.1, 0.15) is 5.65 Å². The SMILES string of the molecule is Cc1cc(-n2c(C)cc3c(N(C)C)ccnc32)cc2c1NCC2. The van der Waals surface area contributed by atoms with Gasteiger partial charge < -0.3 is 10.2 Å². The quantitative estimate of drug-likeness (QED) is 0.784. The van der Waals surface area contributed by atoms with Gasteiger partial charge in [0.25, 0.3) is 0 Å². The Balaban J connectivity index is 1.98. The number of nitrogens with zero attached hydrogens (tertiary/aromatic N) is 3. The Labute approximate surface area is 136 Å². The van der Waals surface area contributed by atoms with Gasteiger partial charge in [0.2, 0.25) is 0 Å². The molecule has 1 N–H and O–H groups in total. The first kappa shape index (κ1) is 14.1. The molecule has 1 aliphatic heterocycles. The summed E-state index contributed by atoms with van der Waals surface area (Å²) in [6.07, 6.45) is 2.99. The van der Waals surface area contributed by atoms with Crippen molar-refractivity contribution in [2.24, 2.45) is 0 Å². The molecule has 0 unspecified atom stereocenters. The molecule has 0 atom stereocenters. The van der Waals surface area contributed by atoms with Crippen molar-refractivity contribution >= 4 is 22.4 Å². The number of anilines is 2. The summed E-state index contributed by atoms with van der Waals surface area (Å²) >= 11 is 0. The van der Waals surface area contributed by atoms with Crippen molar-refractivity contribution in [1.82, 2.24) is 9.55 Å². The van der Waals surface area contributed by atoms with Gasteiger partial charge in [-0.25, -0.2) is 4.98 Å². The molecule has 0 radical (unpaired) electrons. The number of hydrogen-bond acceptors (Lipinski definition) is 3. The van der Waals surface area contributed by atoms with E-state index >= 15 is 0 Å². The molecule has 4 rings (SSSR count). The van der Waals surface area contributed by atoms with Crippen molar-refractivity contribution < 1.29 is 0 Å². The maximum atomic E-state index is 4.67. The van der Waals surface area contributed by atoms with Gasteiger partial charge >= 0.3 is 0 Å². The highest BCUT2D eigenvalue weighted by Crippen LogP contribution is 2.33. The highest BCUT2D eigenvalue weighted by Gasteiger charge is 2.17. The van der Waals surface area contributed by atoms with Gasteiger partial charge in [0.05, 0.1) is 0 Å². The Bertz CT molecular complexity index is 905. The molecule has 0 saturated carbocycles. The van der Waals surface area contributed by atoms with Crippen molar-refractivity contribution in [1.29, 1.82) is 0 Å². The van der Waals surface area contributed by atoms with Gasteiger partial charge in [0, 0.05) is 55.0 Å². The molecule has 0 fully saturated rings. The number of nitrogens with one attached hydrogen (secondary N) is 1. The highest BCUT2D eigenvalue weighted by atomic mass is 15.1. The van der Waals surface area contributed by atoms with E-state index in [1.54, 1.807) is 0 Å². The van der Waals surface area contributed by atoms with E-state index in [0.29, 0.717) is 0 Å². The second kappa shape index (κ2) is 5.01. The van der Waals surface area contributed by atoms with E-state index in [2.05, 4.69) is 72.0 Å². The Morgan fingerprint density at radius 2 is 2.00 bits per heavy atom. The molecular formula is C19H22N4. The Morgan fingerprint density at radius 1 is 1.17 bits per heavy atom. The van der Waals surface area contributed by atoms with Crippen LogP contribution in [0.1, 0.15) is 16.8 Å².